The number of para-hydroxylation sites is 2. The number of hydrogen-bond acceptors (Lipinski definition) is 1. The van der Waals surface area contributed by atoms with Gasteiger partial charge in [-0.3, -0.25) is 4.98 Å². The smallest absolute Gasteiger partial charge is 0.0786 e. The molecule has 1 aliphatic rings. The molecule has 0 radical (unpaired) electrons. The van der Waals surface area contributed by atoms with Gasteiger partial charge in [0.05, 0.1) is 33.4 Å². The third-order valence-electron chi connectivity index (χ3n) is 11.3. The van der Waals surface area contributed by atoms with Crippen molar-refractivity contribution in [2.75, 3.05) is 0 Å². The van der Waals surface area contributed by atoms with Crippen molar-refractivity contribution in [3.8, 4) is 44.9 Å². The number of nitrogens with zero attached hydrogens (tertiary/aromatic N) is 3. The molecule has 11 aromatic rings. The summed E-state index contributed by atoms with van der Waals surface area (Å²) in [6.07, 6.45) is 1.90. The van der Waals surface area contributed by atoms with Gasteiger partial charge in [0, 0.05) is 55.3 Å². The second-order valence-electron chi connectivity index (χ2n) is 14.0. The van der Waals surface area contributed by atoms with Gasteiger partial charge < -0.3 is 9.13 Å². The maximum Gasteiger partial charge on any atom is 0.0786 e. The average molecular weight is 660 g/mol. The Morgan fingerprint density at radius 2 is 1.02 bits per heavy atom. The van der Waals surface area contributed by atoms with Gasteiger partial charge in [0.15, 0.2) is 0 Å². The lowest BCUT2D eigenvalue weighted by atomic mass is 10.00. The van der Waals surface area contributed by atoms with Gasteiger partial charge in [-0.05, 0) is 94.2 Å². The summed E-state index contributed by atoms with van der Waals surface area (Å²) in [5, 5.41) is 10.1. The molecule has 0 N–H and O–H groups in total. The highest BCUT2D eigenvalue weighted by Gasteiger charge is 2.25. The van der Waals surface area contributed by atoms with Crippen molar-refractivity contribution < 1.29 is 0 Å². The molecule has 0 unspecified atom stereocenters. The molecule has 0 aliphatic heterocycles. The maximum atomic E-state index is 4.79. The summed E-state index contributed by atoms with van der Waals surface area (Å²) in [6, 6.07) is 62.4. The van der Waals surface area contributed by atoms with Crippen LogP contribution in [0.4, 0.5) is 0 Å². The van der Waals surface area contributed by atoms with Crippen LogP contribution in [0.15, 0.2) is 176 Å². The molecule has 0 saturated carbocycles. The molecule has 3 aromatic heterocycles. The lowest BCUT2D eigenvalue weighted by Crippen LogP contribution is -1.96. The van der Waals surface area contributed by atoms with Crippen molar-refractivity contribution in [2.45, 2.75) is 0 Å². The summed E-state index contributed by atoms with van der Waals surface area (Å²) >= 11 is 0. The first-order valence-electron chi connectivity index (χ1n) is 17.9. The molecule has 12 rings (SSSR count). The quantitative estimate of drug-likeness (QED) is 0.185. The van der Waals surface area contributed by atoms with Crippen LogP contribution in [-0.4, -0.2) is 14.1 Å². The molecule has 1 aliphatic carbocycles. The fraction of sp³-hybridized carbons (Fsp3) is 0. The van der Waals surface area contributed by atoms with Gasteiger partial charge in [0.2, 0.25) is 0 Å². The summed E-state index contributed by atoms with van der Waals surface area (Å²) in [6.45, 7) is 0. The van der Waals surface area contributed by atoms with E-state index in [1.165, 1.54) is 104 Å². The highest BCUT2D eigenvalue weighted by atomic mass is 15.0. The van der Waals surface area contributed by atoms with Gasteiger partial charge in [-0.25, -0.2) is 0 Å². The van der Waals surface area contributed by atoms with Crippen LogP contribution in [0, 0.1) is 0 Å². The fourth-order valence-corrected chi connectivity index (χ4v) is 9.00. The molecule has 3 nitrogen and oxygen atoms in total. The minimum absolute atomic E-state index is 1.07. The van der Waals surface area contributed by atoms with Gasteiger partial charge in [0.1, 0.15) is 0 Å². The third-order valence-corrected chi connectivity index (χ3v) is 11.3. The van der Waals surface area contributed by atoms with Gasteiger partial charge >= 0.3 is 0 Å². The summed E-state index contributed by atoms with van der Waals surface area (Å²) in [7, 11) is 0. The van der Waals surface area contributed by atoms with E-state index in [0.29, 0.717) is 0 Å². The van der Waals surface area contributed by atoms with E-state index >= 15 is 0 Å². The number of pyridine rings is 1. The molecule has 0 fully saturated rings. The summed E-state index contributed by atoms with van der Waals surface area (Å²) in [5.41, 5.74) is 14.4. The molecular weight excluding hydrogens is 631 g/mol. The lowest BCUT2D eigenvalue weighted by molar-refractivity contribution is 1.18. The van der Waals surface area contributed by atoms with Crippen LogP contribution in [0.1, 0.15) is 0 Å². The molecule has 3 heteroatoms. The minimum Gasteiger partial charge on any atom is -0.309 e. The van der Waals surface area contributed by atoms with Gasteiger partial charge in [-0.1, -0.05) is 103 Å². The minimum atomic E-state index is 1.07. The van der Waals surface area contributed by atoms with Crippen molar-refractivity contribution in [1.29, 1.82) is 0 Å². The molecule has 0 amide bonds. The van der Waals surface area contributed by atoms with E-state index in [1.807, 2.05) is 12.3 Å². The number of rotatable bonds is 3. The molecule has 0 spiro atoms. The van der Waals surface area contributed by atoms with Gasteiger partial charge in [0.25, 0.3) is 0 Å². The largest absolute Gasteiger partial charge is 0.309 e. The fourth-order valence-electron chi connectivity index (χ4n) is 9.00. The molecule has 0 bridgehead atoms. The second-order valence-corrected chi connectivity index (χ2v) is 14.0. The number of hydrogen-bond donors (Lipinski definition) is 0. The lowest BCUT2D eigenvalue weighted by Gasteiger charge is -2.13. The van der Waals surface area contributed by atoms with E-state index in [0.717, 1.165) is 5.69 Å². The molecule has 0 atom stereocenters. The first-order valence-corrected chi connectivity index (χ1v) is 17.9. The van der Waals surface area contributed by atoms with Gasteiger partial charge in [-0.2, -0.15) is 0 Å². The van der Waals surface area contributed by atoms with Crippen molar-refractivity contribution in [2.24, 2.45) is 0 Å². The Hall–Kier alpha value is -6.97. The Balaban J connectivity index is 1.08. The Morgan fingerprint density at radius 1 is 0.365 bits per heavy atom. The van der Waals surface area contributed by atoms with Crippen LogP contribution < -0.4 is 0 Å². The maximum absolute atomic E-state index is 4.79. The van der Waals surface area contributed by atoms with Crippen molar-refractivity contribution in [3.05, 3.63) is 176 Å². The van der Waals surface area contributed by atoms with E-state index in [4.69, 9.17) is 4.98 Å². The number of aromatic nitrogens is 3. The average Bonchev–Trinajstić information content (AvgIpc) is 3.83. The van der Waals surface area contributed by atoms with Crippen molar-refractivity contribution in [3.63, 3.8) is 0 Å². The predicted molar refractivity (Wildman–Crippen MR) is 218 cm³/mol. The highest BCUT2D eigenvalue weighted by Crippen LogP contribution is 2.48. The van der Waals surface area contributed by atoms with E-state index < -0.39 is 0 Å². The summed E-state index contributed by atoms with van der Waals surface area (Å²) in [4.78, 5) is 4.79. The first kappa shape index (κ1) is 27.8. The number of fused-ring (bicyclic) bond motifs is 10. The molecule has 8 aromatic carbocycles. The van der Waals surface area contributed by atoms with Crippen molar-refractivity contribution in [1.82, 2.24) is 14.1 Å². The standard InChI is InChI=1S/C49H29N3/c1-2-12-34(13-3-1)51-45-22-19-33(28-41(45)42-26-30-10-4-5-11-31(30)29-47(42)51)32-20-23-46-40(27-32)35-14-6-7-18-43(35)52(46)44-24-21-39-48-36(15-8-16-38(44)48)37-17-9-25-50-49(37)39/h1-29H. The Labute approximate surface area is 299 Å². The number of benzene rings is 8. The van der Waals surface area contributed by atoms with Crippen LogP contribution in [0.25, 0.3) is 110 Å². The van der Waals surface area contributed by atoms with Crippen molar-refractivity contribution >= 4 is 65.2 Å². The Kier molecular flexibility index (Phi) is 5.50. The normalized spacial score (nSPS) is 12.2. The monoisotopic (exact) mass is 659 g/mol. The second kappa shape index (κ2) is 10.3. The van der Waals surface area contributed by atoms with Gasteiger partial charge in [-0.15, -0.1) is 0 Å². The van der Waals surface area contributed by atoms with Crippen LogP contribution >= 0.6 is 0 Å². The first-order chi connectivity index (χ1) is 25.8. The topological polar surface area (TPSA) is 22.8 Å². The zero-order valence-corrected chi connectivity index (χ0v) is 28.1. The molecule has 3 heterocycles. The summed E-state index contributed by atoms with van der Waals surface area (Å²) in [5.74, 6) is 0. The van der Waals surface area contributed by atoms with Crippen LogP contribution in [0.3, 0.4) is 0 Å². The van der Waals surface area contributed by atoms with E-state index in [-0.39, 0.29) is 0 Å². The van der Waals surface area contributed by atoms with E-state index in [2.05, 4.69) is 173 Å². The molecule has 52 heavy (non-hydrogen) atoms. The molecular formula is C49H29N3. The predicted octanol–water partition coefficient (Wildman–Crippen LogP) is 12.9. The SMILES string of the molecule is c1ccc(-n2c3ccc(-c4ccc5c(c4)c4ccccc4n5-c4ccc5c6c(cccc46)-c4cccnc4-5)cc3c3cc4ccccc4cc32)cc1. The molecule has 240 valence electrons. The highest BCUT2D eigenvalue weighted by molar-refractivity contribution is 6.19. The summed E-state index contributed by atoms with van der Waals surface area (Å²) < 4.78 is 4.86. The Morgan fingerprint density at radius 3 is 1.87 bits per heavy atom. The van der Waals surface area contributed by atoms with Crippen LogP contribution in [0.2, 0.25) is 0 Å². The van der Waals surface area contributed by atoms with E-state index in [1.54, 1.807) is 0 Å². The zero-order chi connectivity index (χ0) is 33.9. The molecule has 0 saturated heterocycles. The third kappa shape index (κ3) is 3.72. The van der Waals surface area contributed by atoms with E-state index in [9.17, 15) is 0 Å². The Bertz CT molecular complexity index is 3260. The zero-order valence-electron chi connectivity index (χ0n) is 28.1. The van der Waals surface area contributed by atoms with Crippen LogP contribution in [-0.2, 0) is 0 Å². The van der Waals surface area contributed by atoms with Crippen LogP contribution in [0.5, 0.6) is 0 Å².